The van der Waals surface area contributed by atoms with Gasteiger partial charge < -0.3 is 4.74 Å². The lowest BCUT2D eigenvalue weighted by Crippen LogP contribution is -2.39. The number of hydrogen-bond acceptors (Lipinski definition) is 5. The largest absolute Gasteiger partial charge is 0.464 e. The summed E-state index contributed by atoms with van der Waals surface area (Å²) in [5, 5.41) is 3.58. The molecular weight excluding hydrogens is 134 g/mol. The maximum Gasteiger partial charge on any atom is 0.330 e. The van der Waals surface area contributed by atoms with Crippen molar-refractivity contribution in [3.63, 3.8) is 0 Å². The molecule has 0 radical (unpaired) electrons. The summed E-state index contributed by atoms with van der Waals surface area (Å²) in [4.78, 5) is 10.8. The van der Waals surface area contributed by atoms with E-state index in [1.165, 1.54) is 6.21 Å². The zero-order valence-corrected chi connectivity index (χ0v) is 5.63. The van der Waals surface area contributed by atoms with Gasteiger partial charge in [-0.3, -0.25) is 0 Å². The van der Waals surface area contributed by atoms with Crippen molar-refractivity contribution < 1.29 is 9.53 Å². The number of carbonyl (C=O) groups excluding carboxylic acids is 1. The molecule has 0 aromatic rings. The first kappa shape index (κ1) is 7.01. The third-order valence-electron chi connectivity index (χ3n) is 1.05. The molecule has 5 heteroatoms. The molecule has 1 aliphatic rings. The molecule has 0 aliphatic carbocycles. The molecule has 10 heavy (non-hydrogen) atoms. The SMILES string of the molecule is CCOC(=O)C1C=NNN1. The number of hydrogen-bond donors (Lipinski definition) is 2. The Morgan fingerprint density at radius 1 is 1.90 bits per heavy atom. The number of carbonyl (C=O) groups is 1. The maximum absolute atomic E-state index is 10.8. The Morgan fingerprint density at radius 3 is 3.20 bits per heavy atom. The molecule has 0 bridgehead atoms. The monoisotopic (exact) mass is 143 g/mol. The van der Waals surface area contributed by atoms with Crippen LogP contribution in [0.15, 0.2) is 5.10 Å². The number of hydrazone groups is 1. The van der Waals surface area contributed by atoms with E-state index >= 15 is 0 Å². The Bertz CT molecular complexity index is 157. The fourth-order valence-corrected chi connectivity index (χ4v) is 0.608. The standard InChI is InChI=1S/C5H9N3O2/c1-2-10-5(9)4-3-6-8-7-4/h3-4,7-8H,2H2,1H3. The predicted octanol–water partition coefficient (Wildman–Crippen LogP) is -0.988. The van der Waals surface area contributed by atoms with Crippen LogP contribution in [-0.4, -0.2) is 24.8 Å². The highest BCUT2D eigenvalue weighted by molar-refractivity contribution is 5.94. The number of rotatable bonds is 2. The molecule has 0 aromatic heterocycles. The lowest BCUT2D eigenvalue weighted by molar-refractivity contribution is -0.143. The van der Waals surface area contributed by atoms with E-state index < -0.39 is 6.04 Å². The summed E-state index contributed by atoms with van der Waals surface area (Å²) in [6.45, 7) is 2.16. The first-order valence-electron chi connectivity index (χ1n) is 3.05. The van der Waals surface area contributed by atoms with Crippen molar-refractivity contribution in [1.29, 1.82) is 0 Å². The molecule has 56 valence electrons. The molecule has 1 aliphatic heterocycles. The van der Waals surface area contributed by atoms with Crippen LogP contribution in [0.25, 0.3) is 0 Å². The van der Waals surface area contributed by atoms with E-state index in [-0.39, 0.29) is 5.97 Å². The van der Waals surface area contributed by atoms with Gasteiger partial charge in [-0.05, 0) is 6.92 Å². The van der Waals surface area contributed by atoms with Gasteiger partial charge in [0.2, 0.25) is 0 Å². The number of nitrogens with one attached hydrogen (secondary N) is 2. The van der Waals surface area contributed by atoms with Gasteiger partial charge in [0.15, 0.2) is 6.04 Å². The fraction of sp³-hybridized carbons (Fsp3) is 0.600. The predicted molar refractivity (Wildman–Crippen MR) is 35.2 cm³/mol. The summed E-state index contributed by atoms with van der Waals surface area (Å²) in [7, 11) is 0. The molecule has 0 aromatic carbocycles. The number of hydrazine groups is 1. The van der Waals surface area contributed by atoms with Gasteiger partial charge in [0.1, 0.15) is 0 Å². The Labute approximate surface area is 58.4 Å². The molecular formula is C5H9N3O2. The third kappa shape index (κ3) is 1.44. The zero-order chi connectivity index (χ0) is 7.40. The van der Waals surface area contributed by atoms with E-state index in [0.717, 1.165) is 0 Å². The summed E-state index contributed by atoms with van der Waals surface area (Å²) in [6, 6.07) is -0.431. The van der Waals surface area contributed by atoms with Gasteiger partial charge in [0.25, 0.3) is 0 Å². The van der Waals surface area contributed by atoms with Crippen molar-refractivity contribution in [2.45, 2.75) is 13.0 Å². The second-order valence-electron chi connectivity index (χ2n) is 1.76. The Hall–Kier alpha value is -1.10. The summed E-state index contributed by atoms with van der Waals surface area (Å²) in [5.74, 6) is -0.309. The Kier molecular flexibility index (Phi) is 2.22. The van der Waals surface area contributed by atoms with Crippen molar-refractivity contribution in [3.05, 3.63) is 0 Å². The van der Waals surface area contributed by atoms with Crippen LogP contribution in [0.4, 0.5) is 0 Å². The number of nitrogens with zero attached hydrogens (tertiary/aromatic N) is 1. The smallest absolute Gasteiger partial charge is 0.330 e. The van der Waals surface area contributed by atoms with Crippen LogP contribution >= 0.6 is 0 Å². The van der Waals surface area contributed by atoms with Gasteiger partial charge >= 0.3 is 5.97 Å². The van der Waals surface area contributed by atoms with E-state index in [1.807, 2.05) is 0 Å². The minimum Gasteiger partial charge on any atom is -0.464 e. The van der Waals surface area contributed by atoms with Crippen LogP contribution in [0.2, 0.25) is 0 Å². The molecule has 1 rings (SSSR count). The lowest BCUT2D eigenvalue weighted by atomic mass is 10.3. The van der Waals surface area contributed by atoms with Crippen molar-refractivity contribution in [2.75, 3.05) is 6.61 Å². The molecule has 0 saturated heterocycles. The Morgan fingerprint density at radius 2 is 2.70 bits per heavy atom. The highest BCUT2D eigenvalue weighted by atomic mass is 16.5. The summed E-state index contributed by atoms with van der Waals surface area (Å²) in [6.07, 6.45) is 1.46. The van der Waals surface area contributed by atoms with E-state index in [0.29, 0.717) is 6.61 Å². The third-order valence-corrected chi connectivity index (χ3v) is 1.05. The topological polar surface area (TPSA) is 62.7 Å². The Balaban J connectivity index is 2.33. The lowest BCUT2D eigenvalue weighted by Gasteiger charge is -2.04. The first-order chi connectivity index (χ1) is 4.84. The molecule has 0 fully saturated rings. The molecule has 1 unspecified atom stereocenters. The average Bonchev–Trinajstić information content (AvgIpc) is 2.38. The molecule has 1 heterocycles. The fourth-order valence-electron chi connectivity index (χ4n) is 0.608. The molecule has 2 N–H and O–H groups in total. The highest BCUT2D eigenvalue weighted by Crippen LogP contribution is 1.88. The molecule has 1 atom stereocenters. The molecule has 5 nitrogen and oxygen atoms in total. The van der Waals surface area contributed by atoms with Crippen LogP contribution in [0.5, 0.6) is 0 Å². The van der Waals surface area contributed by atoms with Crippen molar-refractivity contribution >= 4 is 12.2 Å². The van der Waals surface area contributed by atoms with Crippen molar-refractivity contribution in [1.82, 2.24) is 11.0 Å². The van der Waals surface area contributed by atoms with Gasteiger partial charge in [-0.15, -0.1) is 0 Å². The van der Waals surface area contributed by atoms with E-state index in [4.69, 9.17) is 4.74 Å². The van der Waals surface area contributed by atoms with Crippen LogP contribution in [0, 0.1) is 0 Å². The maximum atomic E-state index is 10.8. The number of esters is 1. The van der Waals surface area contributed by atoms with Gasteiger partial charge in [-0.25, -0.2) is 15.8 Å². The highest BCUT2D eigenvalue weighted by Gasteiger charge is 2.19. The van der Waals surface area contributed by atoms with Gasteiger partial charge in [-0.1, -0.05) is 0 Å². The van der Waals surface area contributed by atoms with Crippen molar-refractivity contribution in [3.8, 4) is 0 Å². The van der Waals surface area contributed by atoms with E-state index in [1.54, 1.807) is 6.92 Å². The molecule has 0 amide bonds. The second-order valence-corrected chi connectivity index (χ2v) is 1.76. The van der Waals surface area contributed by atoms with E-state index in [9.17, 15) is 4.79 Å². The molecule has 0 saturated carbocycles. The van der Waals surface area contributed by atoms with Crippen LogP contribution in [0.1, 0.15) is 6.92 Å². The van der Waals surface area contributed by atoms with Crippen LogP contribution in [0.3, 0.4) is 0 Å². The van der Waals surface area contributed by atoms with Gasteiger partial charge in [-0.2, -0.15) is 5.10 Å². The van der Waals surface area contributed by atoms with Crippen LogP contribution < -0.4 is 11.0 Å². The first-order valence-corrected chi connectivity index (χ1v) is 3.05. The average molecular weight is 143 g/mol. The van der Waals surface area contributed by atoms with Gasteiger partial charge in [0.05, 0.1) is 12.8 Å². The zero-order valence-electron chi connectivity index (χ0n) is 5.63. The molecule has 0 spiro atoms. The van der Waals surface area contributed by atoms with Gasteiger partial charge in [0, 0.05) is 0 Å². The summed E-state index contributed by atoms with van der Waals surface area (Å²) in [5.41, 5.74) is 5.02. The number of ether oxygens (including phenoxy) is 1. The second kappa shape index (κ2) is 3.17. The van der Waals surface area contributed by atoms with E-state index in [2.05, 4.69) is 16.1 Å². The summed E-state index contributed by atoms with van der Waals surface area (Å²) >= 11 is 0. The van der Waals surface area contributed by atoms with Crippen molar-refractivity contribution in [2.24, 2.45) is 5.10 Å². The minimum absolute atomic E-state index is 0.309. The van der Waals surface area contributed by atoms with Crippen LogP contribution in [-0.2, 0) is 9.53 Å². The normalized spacial score (nSPS) is 22.3. The quantitative estimate of drug-likeness (QED) is 0.487. The summed E-state index contributed by atoms with van der Waals surface area (Å²) < 4.78 is 4.69. The minimum atomic E-state index is -0.431.